The van der Waals surface area contributed by atoms with Gasteiger partial charge in [-0.15, -0.1) is 0 Å². The molecule has 2 aromatic heterocycles. The van der Waals surface area contributed by atoms with Gasteiger partial charge >= 0.3 is 6.03 Å². The molecule has 0 aliphatic heterocycles. The monoisotopic (exact) mass is 449 g/mol. The molecule has 0 radical (unpaired) electrons. The summed E-state index contributed by atoms with van der Waals surface area (Å²) in [5.41, 5.74) is 2.81. The Labute approximate surface area is 180 Å². The Morgan fingerprint density at radius 2 is 1.77 bits per heavy atom. The van der Waals surface area contributed by atoms with Gasteiger partial charge in [-0.3, -0.25) is 0 Å². The molecule has 0 atom stereocenters. The Morgan fingerprint density at radius 3 is 2.50 bits per heavy atom. The molecule has 3 aromatic rings. The van der Waals surface area contributed by atoms with E-state index in [9.17, 15) is 13.2 Å². The fourth-order valence-corrected chi connectivity index (χ4v) is 4.65. The standard InChI is InChI=1S/C20H24ClN5O3S/c1-14(2)25-30(28,29)13-16-6-4-3-5-15(16)9-22-20(27)23-10-18-12-26-11-17(21)7-8-19(26)24-18/h3-8,11-12,14,25H,9-10,13H2,1-2H3,(H2,22,23,27). The summed E-state index contributed by atoms with van der Waals surface area (Å²) in [5, 5.41) is 6.11. The average Bonchev–Trinajstić information content (AvgIpc) is 3.06. The van der Waals surface area contributed by atoms with E-state index >= 15 is 0 Å². The molecule has 0 bridgehead atoms. The topological polar surface area (TPSA) is 105 Å². The van der Waals surface area contributed by atoms with Crippen LogP contribution >= 0.6 is 11.6 Å². The lowest BCUT2D eigenvalue weighted by atomic mass is 10.1. The Kier molecular flexibility index (Phi) is 6.96. The number of carbonyl (C=O) groups excluding carboxylic acids is 1. The summed E-state index contributed by atoms with van der Waals surface area (Å²) in [4.78, 5) is 16.6. The highest BCUT2D eigenvalue weighted by Gasteiger charge is 2.15. The fourth-order valence-electron chi connectivity index (χ4n) is 2.99. The van der Waals surface area contributed by atoms with Crippen molar-refractivity contribution in [1.29, 1.82) is 0 Å². The first-order valence-electron chi connectivity index (χ1n) is 9.43. The van der Waals surface area contributed by atoms with E-state index in [2.05, 4.69) is 20.3 Å². The van der Waals surface area contributed by atoms with E-state index in [1.165, 1.54) is 0 Å². The van der Waals surface area contributed by atoms with Gasteiger partial charge < -0.3 is 15.0 Å². The maximum Gasteiger partial charge on any atom is 0.315 e. The molecule has 1 aromatic carbocycles. The number of rotatable bonds is 8. The molecular weight excluding hydrogens is 426 g/mol. The Balaban J connectivity index is 1.56. The van der Waals surface area contributed by atoms with Gasteiger partial charge in [0.25, 0.3) is 0 Å². The lowest BCUT2D eigenvalue weighted by Gasteiger charge is -2.13. The number of urea groups is 1. The van der Waals surface area contributed by atoms with E-state index < -0.39 is 10.0 Å². The zero-order valence-corrected chi connectivity index (χ0v) is 18.3. The van der Waals surface area contributed by atoms with Crippen molar-refractivity contribution in [3.63, 3.8) is 0 Å². The van der Waals surface area contributed by atoms with Crippen molar-refractivity contribution in [2.24, 2.45) is 0 Å². The van der Waals surface area contributed by atoms with E-state index in [1.54, 1.807) is 61.0 Å². The Bertz CT molecular complexity index is 1140. The molecule has 0 saturated heterocycles. The number of nitrogens with one attached hydrogen (secondary N) is 3. The number of nitrogens with zero attached hydrogens (tertiary/aromatic N) is 2. The minimum Gasteiger partial charge on any atom is -0.334 e. The number of amides is 2. The van der Waals surface area contributed by atoms with Crippen molar-refractivity contribution < 1.29 is 13.2 Å². The molecule has 0 spiro atoms. The number of hydrogen-bond donors (Lipinski definition) is 3. The average molecular weight is 450 g/mol. The predicted molar refractivity (Wildman–Crippen MR) is 117 cm³/mol. The largest absolute Gasteiger partial charge is 0.334 e. The van der Waals surface area contributed by atoms with Crippen LogP contribution in [-0.2, 0) is 28.9 Å². The zero-order valence-electron chi connectivity index (χ0n) is 16.7. The van der Waals surface area contributed by atoms with Crippen LogP contribution < -0.4 is 15.4 Å². The lowest BCUT2D eigenvalue weighted by molar-refractivity contribution is 0.240. The number of halogens is 1. The van der Waals surface area contributed by atoms with Crippen LogP contribution in [0.4, 0.5) is 4.79 Å². The molecule has 160 valence electrons. The molecule has 8 nitrogen and oxygen atoms in total. The first-order chi connectivity index (χ1) is 14.2. The minimum atomic E-state index is -3.46. The quantitative estimate of drug-likeness (QED) is 0.491. The SMILES string of the molecule is CC(C)NS(=O)(=O)Cc1ccccc1CNC(=O)NCc1cn2cc(Cl)ccc2n1. The molecule has 3 N–H and O–H groups in total. The lowest BCUT2D eigenvalue weighted by Crippen LogP contribution is -2.35. The molecule has 2 amide bonds. The van der Waals surface area contributed by atoms with Crippen LogP contribution in [0.2, 0.25) is 5.02 Å². The molecule has 2 heterocycles. The molecule has 0 fully saturated rings. The van der Waals surface area contributed by atoms with Crippen LogP contribution in [-0.4, -0.2) is 29.9 Å². The van der Waals surface area contributed by atoms with Crippen molar-refractivity contribution >= 4 is 33.3 Å². The molecule has 0 unspecified atom stereocenters. The number of sulfonamides is 1. The summed E-state index contributed by atoms with van der Waals surface area (Å²) in [6.07, 6.45) is 3.54. The van der Waals surface area contributed by atoms with Crippen LogP contribution in [0.25, 0.3) is 5.65 Å². The second kappa shape index (κ2) is 9.46. The predicted octanol–water partition coefficient (Wildman–Crippen LogP) is 2.81. The first-order valence-corrected chi connectivity index (χ1v) is 11.5. The Hall–Kier alpha value is -2.62. The molecule has 0 aliphatic rings. The van der Waals surface area contributed by atoms with Gasteiger partial charge in [-0.2, -0.15) is 0 Å². The van der Waals surface area contributed by atoms with Crippen LogP contribution in [0.15, 0.2) is 48.8 Å². The van der Waals surface area contributed by atoms with Crippen molar-refractivity contribution in [2.45, 2.75) is 38.7 Å². The third-order valence-electron chi connectivity index (χ3n) is 4.21. The van der Waals surface area contributed by atoms with Crippen LogP contribution in [0.3, 0.4) is 0 Å². The van der Waals surface area contributed by atoms with Gasteiger partial charge in [0.15, 0.2) is 0 Å². The van der Waals surface area contributed by atoms with Crippen LogP contribution in [0.1, 0.15) is 30.7 Å². The number of fused-ring (bicyclic) bond motifs is 1. The van der Waals surface area contributed by atoms with E-state index in [0.717, 1.165) is 11.2 Å². The maximum atomic E-state index is 12.2. The Morgan fingerprint density at radius 1 is 1.07 bits per heavy atom. The fraction of sp³-hybridized carbons (Fsp3) is 0.300. The van der Waals surface area contributed by atoms with Gasteiger partial charge in [0.1, 0.15) is 5.65 Å². The molecule has 10 heteroatoms. The van der Waals surface area contributed by atoms with Gasteiger partial charge in [-0.05, 0) is 37.1 Å². The molecule has 3 rings (SSSR count). The summed E-state index contributed by atoms with van der Waals surface area (Å²) >= 11 is 5.96. The molecule has 30 heavy (non-hydrogen) atoms. The van der Waals surface area contributed by atoms with E-state index in [0.29, 0.717) is 16.3 Å². The normalized spacial score (nSPS) is 11.7. The number of benzene rings is 1. The number of aromatic nitrogens is 2. The third-order valence-corrected chi connectivity index (χ3v) is 5.96. The zero-order chi connectivity index (χ0) is 21.7. The second-order valence-corrected chi connectivity index (χ2v) is 9.37. The highest BCUT2D eigenvalue weighted by atomic mass is 35.5. The first kappa shape index (κ1) is 22.1. The number of hydrogen-bond acceptors (Lipinski definition) is 4. The third kappa shape index (κ3) is 6.19. The number of pyridine rings is 1. The van der Waals surface area contributed by atoms with E-state index in [4.69, 9.17) is 11.6 Å². The smallest absolute Gasteiger partial charge is 0.315 e. The van der Waals surface area contributed by atoms with Gasteiger partial charge in [0.05, 0.1) is 23.0 Å². The minimum absolute atomic E-state index is 0.144. The molecular formula is C20H24ClN5O3S. The maximum absolute atomic E-state index is 12.2. The summed E-state index contributed by atoms with van der Waals surface area (Å²) < 4.78 is 28.8. The summed E-state index contributed by atoms with van der Waals surface area (Å²) in [6.45, 7) is 4.00. The van der Waals surface area contributed by atoms with Crippen LogP contribution in [0.5, 0.6) is 0 Å². The summed E-state index contributed by atoms with van der Waals surface area (Å²) in [6, 6.07) is 10.1. The van der Waals surface area contributed by atoms with E-state index in [1.807, 2.05) is 6.07 Å². The highest BCUT2D eigenvalue weighted by molar-refractivity contribution is 7.88. The van der Waals surface area contributed by atoms with Crippen LogP contribution in [0, 0.1) is 0 Å². The van der Waals surface area contributed by atoms with Gasteiger partial charge in [0.2, 0.25) is 10.0 Å². The second-order valence-electron chi connectivity index (χ2n) is 7.18. The van der Waals surface area contributed by atoms with Crippen molar-refractivity contribution in [1.82, 2.24) is 24.7 Å². The van der Waals surface area contributed by atoms with Gasteiger partial charge in [-0.1, -0.05) is 35.9 Å². The van der Waals surface area contributed by atoms with Gasteiger partial charge in [0, 0.05) is 25.0 Å². The highest BCUT2D eigenvalue weighted by Crippen LogP contribution is 2.13. The van der Waals surface area contributed by atoms with Crippen molar-refractivity contribution in [3.8, 4) is 0 Å². The molecule has 0 saturated carbocycles. The van der Waals surface area contributed by atoms with Crippen molar-refractivity contribution in [3.05, 3.63) is 70.6 Å². The van der Waals surface area contributed by atoms with E-state index in [-0.39, 0.29) is 30.9 Å². The summed E-state index contributed by atoms with van der Waals surface area (Å²) in [7, 11) is -3.46. The van der Waals surface area contributed by atoms with Crippen molar-refractivity contribution in [2.75, 3.05) is 0 Å². The summed E-state index contributed by atoms with van der Waals surface area (Å²) in [5.74, 6) is -0.144. The van der Waals surface area contributed by atoms with Gasteiger partial charge in [-0.25, -0.2) is 22.9 Å². The molecule has 0 aliphatic carbocycles. The number of imidazole rings is 1. The number of carbonyl (C=O) groups is 1.